The number of hydrogen-bond acceptors (Lipinski definition) is 5. The lowest BCUT2D eigenvalue weighted by atomic mass is 10.1. The van der Waals surface area contributed by atoms with Crippen molar-refractivity contribution in [1.29, 1.82) is 0 Å². The molecule has 2 aromatic rings. The SMILES string of the molecule is C[C@H](NCC(=O)c1ccccc1)C(=O)NC(=O)OCc1ccccc1. The summed E-state index contributed by atoms with van der Waals surface area (Å²) in [6.07, 6.45) is -0.822. The second-order valence-corrected chi connectivity index (χ2v) is 5.44. The van der Waals surface area contributed by atoms with Crippen LogP contribution in [-0.2, 0) is 16.1 Å². The van der Waals surface area contributed by atoms with E-state index in [9.17, 15) is 14.4 Å². The smallest absolute Gasteiger partial charge is 0.414 e. The van der Waals surface area contributed by atoms with Crippen molar-refractivity contribution in [2.24, 2.45) is 0 Å². The number of amides is 2. The third-order valence-electron chi connectivity index (χ3n) is 3.50. The Hall–Kier alpha value is -2.99. The van der Waals surface area contributed by atoms with Gasteiger partial charge in [0.2, 0.25) is 5.91 Å². The van der Waals surface area contributed by atoms with Crippen molar-refractivity contribution in [3.63, 3.8) is 0 Å². The molecule has 130 valence electrons. The Morgan fingerprint density at radius 1 is 0.960 bits per heavy atom. The van der Waals surface area contributed by atoms with Crippen LogP contribution in [0.3, 0.4) is 0 Å². The van der Waals surface area contributed by atoms with Gasteiger partial charge in [0.15, 0.2) is 5.78 Å². The second kappa shape index (κ2) is 9.34. The molecule has 0 bridgehead atoms. The number of rotatable bonds is 7. The third-order valence-corrected chi connectivity index (χ3v) is 3.50. The highest BCUT2D eigenvalue weighted by Crippen LogP contribution is 2.01. The van der Waals surface area contributed by atoms with Crippen LogP contribution < -0.4 is 10.6 Å². The number of imide groups is 1. The highest BCUT2D eigenvalue weighted by atomic mass is 16.5. The van der Waals surface area contributed by atoms with E-state index in [2.05, 4.69) is 10.6 Å². The Balaban J connectivity index is 1.72. The van der Waals surface area contributed by atoms with Gasteiger partial charge in [-0.15, -0.1) is 0 Å². The monoisotopic (exact) mass is 340 g/mol. The Labute approximate surface area is 146 Å². The number of carbonyl (C=O) groups excluding carboxylic acids is 3. The zero-order chi connectivity index (χ0) is 18.1. The van der Waals surface area contributed by atoms with Crippen LogP contribution in [0.15, 0.2) is 60.7 Å². The van der Waals surface area contributed by atoms with Gasteiger partial charge in [0.25, 0.3) is 0 Å². The van der Waals surface area contributed by atoms with Crippen molar-refractivity contribution in [2.45, 2.75) is 19.6 Å². The Bertz CT molecular complexity index is 717. The molecule has 1 atom stereocenters. The molecule has 2 rings (SSSR count). The van der Waals surface area contributed by atoms with E-state index in [-0.39, 0.29) is 18.9 Å². The van der Waals surface area contributed by atoms with Crippen LogP contribution in [0.25, 0.3) is 0 Å². The summed E-state index contributed by atoms with van der Waals surface area (Å²) in [4.78, 5) is 35.5. The molecule has 0 unspecified atom stereocenters. The lowest BCUT2D eigenvalue weighted by molar-refractivity contribution is -0.122. The van der Waals surface area contributed by atoms with Crippen LogP contribution >= 0.6 is 0 Å². The molecule has 0 aliphatic carbocycles. The minimum absolute atomic E-state index is 0.00232. The Kier molecular flexibility index (Phi) is 6.86. The summed E-state index contributed by atoms with van der Waals surface area (Å²) in [6.45, 7) is 1.64. The Morgan fingerprint density at radius 2 is 1.56 bits per heavy atom. The highest BCUT2D eigenvalue weighted by molar-refractivity contribution is 5.98. The van der Waals surface area contributed by atoms with E-state index in [1.807, 2.05) is 36.4 Å². The molecule has 6 heteroatoms. The fourth-order valence-electron chi connectivity index (χ4n) is 2.03. The number of hydrogen-bond donors (Lipinski definition) is 2. The molecule has 0 aromatic heterocycles. The number of benzene rings is 2. The summed E-state index contributed by atoms with van der Waals surface area (Å²) >= 11 is 0. The normalized spacial score (nSPS) is 11.4. The number of alkyl carbamates (subject to hydrolysis) is 1. The number of nitrogens with one attached hydrogen (secondary N) is 2. The molecule has 0 spiro atoms. The molecule has 0 saturated heterocycles. The zero-order valence-corrected chi connectivity index (χ0v) is 13.9. The van der Waals surface area contributed by atoms with Crippen molar-refractivity contribution in [3.05, 3.63) is 71.8 Å². The summed E-state index contributed by atoms with van der Waals surface area (Å²) in [5.74, 6) is -0.689. The lowest BCUT2D eigenvalue weighted by Gasteiger charge is -2.13. The van der Waals surface area contributed by atoms with E-state index in [1.54, 1.807) is 31.2 Å². The van der Waals surface area contributed by atoms with Crippen LogP contribution in [0.2, 0.25) is 0 Å². The van der Waals surface area contributed by atoms with Gasteiger partial charge in [0.1, 0.15) is 6.61 Å². The van der Waals surface area contributed by atoms with Crippen LogP contribution in [0.5, 0.6) is 0 Å². The standard InChI is InChI=1S/C19H20N2O4/c1-14(20-12-17(22)16-10-6-3-7-11-16)18(23)21-19(24)25-13-15-8-4-2-5-9-15/h2-11,14,20H,12-13H2,1H3,(H,21,23,24)/t14-/m0/s1. The fraction of sp³-hybridized carbons (Fsp3) is 0.211. The van der Waals surface area contributed by atoms with Gasteiger partial charge in [0, 0.05) is 5.56 Å². The van der Waals surface area contributed by atoms with Crippen LogP contribution in [-0.4, -0.2) is 30.4 Å². The van der Waals surface area contributed by atoms with Gasteiger partial charge in [-0.1, -0.05) is 60.7 Å². The van der Waals surface area contributed by atoms with Crippen LogP contribution in [0.1, 0.15) is 22.8 Å². The first-order chi connectivity index (χ1) is 12.1. The predicted octanol–water partition coefficient (Wildman–Crippen LogP) is 2.30. The van der Waals surface area contributed by atoms with Crippen molar-refractivity contribution >= 4 is 17.8 Å². The number of Topliss-reactive ketones (excluding diaryl/α,β-unsaturated/α-hetero) is 1. The molecular formula is C19H20N2O4. The third kappa shape index (κ3) is 6.19. The van der Waals surface area contributed by atoms with Crippen molar-refractivity contribution in [3.8, 4) is 0 Å². The molecule has 0 saturated carbocycles. The second-order valence-electron chi connectivity index (χ2n) is 5.44. The van der Waals surface area contributed by atoms with E-state index in [0.29, 0.717) is 5.56 Å². The van der Waals surface area contributed by atoms with Gasteiger partial charge in [-0.2, -0.15) is 0 Å². The molecular weight excluding hydrogens is 320 g/mol. The van der Waals surface area contributed by atoms with Gasteiger partial charge in [-0.05, 0) is 12.5 Å². The Morgan fingerprint density at radius 3 is 2.20 bits per heavy atom. The quantitative estimate of drug-likeness (QED) is 0.756. The predicted molar refractivity (Wildman–Crippen MR) is 93.0 cm³/mol. The largest absolute Gasteiger partial charge is 0.444 e. The van der Waals surface area contributed by atoms with Gasteiger partial charge < -0.3 is 4.74 Å². The molecule has 0 fully saturated rings. The molecule has 2 amide bonds. The van der Waals surface area contributed by atoms with Gasteiger partial charge in [-0.25, -0.2) is 4.79 Å². The molecule has 0 aliphatic rings. The first-order valence-electron chi connectivity index (χ1n) is 7.89. The van der Waals surface area contributed by atoms with E-state index in [1.165, 1.54) is 0 Å². The van der Waals surface area contributed by atoms with Crippen molar-refractivity contribution in [1.82, 2.24) is 10.6 Å². The summed E-state index contributed by atoms with van der Waals surface area (Å²) < 4.78 is 4.98. The molecule has 2 N–H and O–H groups in total. The topological polar surface area (TPSA) is 84.5 Å². The summed E-state index contributed by atoms with van der Waals surface area (Å²) in [6, 6.07) is 17.2. The van der Waals surface area contributed by atoms with Gasteiger partial charge in [0.05, 0.1) is 12.6 Å². The van der Waals surface area contributed by atoms with Crippen LogP contribution in [0, 0.1) is 0 Å². The molecule has 0 radical (unpaired) electrons. The highest BCUT2D eigenvalue weighted by Gasteiger charge is 2.17. The molecule has 25 heavy (non-hydrogen) atoms. The maximum Gasteiger partial charge on any atom is 0.414 e. The van der Waals surface area contributed by atoms with E-state index >= 15 is 0 Å². The number of ketones is 1. The van der Waals surface area contributed by atoms with Crippen LogP contribution in [0.4, 0.5) is 4.79 Å². The van der Waals surface area contributed by atoms with Gasteiger partial charge >= 0.3 is 6.09 Å². The number of carbonyl (C=O) groups is 3. The first kappa shape index (κ1) is 18.4. The minimum Gasteiger partial charge on any atom is -0.444 e. The molecule has 2 aromatic carbocycles. The minimum atomic E-state index is -0.822. The molecule has 0 aliphatic heterocycles. The number of ether oxygens (including phenoxy) is 1. The maximum atomic E-state index is 12.0. The molecule has 0 heterocycles. The summed E-state index contributed by atoms with van der Waals surface area (Å²) in [7, 11) is 0. The maximum absolute atomic E-state index is 12.0. The average Bonchev–Trinajstić information content (AvgIpc) is 2.65. The van der Waals surface area contributed by atoms with Crippen molar-refractivity contribution in [2.75, 3.05) is 6.54 Å². The first-order valence-corrected chi connectivity index (χ1v) is 7.89. The fourth-order valence-corrected chi connectivity index (χ4v) is 2.03. The van der Waals surface area contributed by atoms with E-state index in [0.717, 1.165) is 5.56 Å². The van der Waals surface area contributed by atoms with Gasteiger partial charge in [-0.3, -0.25) is 20.2 Å². The summed E-state index contributed by atoms with van der Waals surface area (Å²) in [5.41, 5.74) is 1.38. The van der Waals surface area contributed by atoms with Crippen molar-refractivity contribution < 1.29 is 19.1 Å². The van der Waals surface area contributed by atoms with E-state index < -0.39 is 18.0 Å². The molecule has 6 nitrogen and oxygen atoms in total. The lowest BCUT2D eigenvalue weighted by Crippen LogP contribution is -2.46. The average molecular weight is 340 g/mol. The van der Waals surface area contributed by atoms with E-state index in [4.69, 9.17) is 4.74 Å². The zero-order valence-electron chi connectivity index (χ0n) is 13.9. The summed E-state index contributed by atoms with van der Waals surface area (Å²) in [5, 5.41) is 4.93.